The molecule has 8 nitrogen and oxygen atoms in total. The predicted octanol–water partition coefficient (Wildman–Crippen LogP) is 7.70. The standard InChI is InChI=1S/C34H26ClN3O5S2/c1-42-25-16-14-22(15-17-25)30(39)28-29(23-11-7-12-26(18-23)43-19-21-8-3-2-4-9-21)38(32(41)31(28)40)33-36-37-34(45-33)44-20-24-10-5-6-13-27(24)35/h2-18,29,39H,19-20H2,1H3/b30-28+. The molecule has 1 aliphatic heterocycles. The number of aliphatic hydroxyl groups excluding tert-OH is 1. The van der Waals surface area contributed by atoms with E-state index in [0.717, 1.165) is 11.1 Å². The summed E-state index contributed by atoms with van der Waals surface area (Å²) in [6.45, 7) is 0.332. The van der Waals surface area contributed by atoms with E-state index < -0.39 is 17.7 Å². The minimum Gasteiger partial charge on any atom is -0.507 e. The number of benzene rings is 4. The van der Waals surface area contributed by atoms with E-state index >= 15 is 0 Å². The summed E-state index contributed by atoms with van der Waals surface area (Å²) in [6.07, 6.45) is 0. The van der Waals surface area contributed by atoms with E-state index in [1.54, 1.807) is 48.5 Å². The molecule has 0 spiro atoms. The number of aliphatic hydroxyl groups is 1. The number of carbonyl (C=O) groups excluding carboxylic acids is 2. The normalized spacial score (nSPS) is 15.8. The minimum absolute atomic E-state index is 0.0640. The summed E-state index contributed by atoms with van der Waals surface area (Å²) in [5, 5.41) is 20.9. The molecule has 11 heteroatoms. The summed E-state index contributed by atoms with van der Waals surface area (Å²) >= 11 is 8.93. The molecule has 6 rings (SSSR count). The second kappa shape index (κ2) is 13.6. The number of hydrogen-bond donors (Lipinski definition) is 1. The number of anilines is 1. The van der Waals surface area contributed by atoms with Gasteiger partial charge in [-0.25, -0.2) is 0 Å². The van der Waals surface area contributed by atoms with Gasteiger partial charge in [0.25, 0.3) is 5.78 Å². The van der Waals surface area contributed by atoms with E-state index in [4.69, 9.17) is 21.1 Å². The SMILES string of the molecule is COc1ccc(/C(O)=C2\C(=O)C(=O)N(c3nnc(SCc4ccccc4Cl)s3)C2c2cccc(OCc3ccccc3)c2)cc1. The largest absolute Gasteiger partial charge is 0.507 e. The molecular weight excluding hydrogens is 630 g/mol. The fraction of sp³-hybridized carbons (Fsp3) is 0.118. The highest BCUT2D eigenvalue weighted by Crippen LogP contribution is 2.45. The number of methoxy groups -OCH3 is 1. The highest BCUT2D eigenvalue weighted by atomic mass is 35.5. The maximum Gasteiger partial charge on any atom is 0.301 e. The molecule has 1 aromatic heterocycles. The van der Waals surface area contributed by atoms with Crippen molar-refractivity contribution in [2.45, 2.75) is 22.7 Å². The fourth-order valence-corrected chi connectivity index (χ4v) is 7.03. The molecule has 1 N–H and O–H groups in total. The third-order valence-corrected chi connectivity index (χ3v) is 9.61. The fourth-order valence-electron chi connectivity index (χ4n) is 4.88. The molecule has 0 aliphatic carbocycles. The average Bonchev–Trinajstić information content (AvgIpc) is 3.65. The van der Waals surface area contributed by atoms with Gasteiger partial charge in [-0.1, -0.05) is 95.4 Å². The number of aromatic nitrogens is 2. The average molecular weight is 656 g/mol. The van der Waals surface area contributed by atoms with Crippen molar-refractivity contribution in [1.29, 1.82) is 0 Å². The molecule has 0 saturated carbocycles. The van der Waals surface area contributed by atoms with Crippen LogP contribution in [0.25, 0.3) is 5.76 Å². The maximum atomic E-state index is 13.7. The number of rotatable bonds is 10. The number of nitrogens with zero attached hydrogens (tertiary/aromatic N) is 3. The molecule has 4 aromatic carbocycles. The van der Waals surface area contributed by atoms with Gasteiger partial charge in [0, 0.05) is 16.3 Å². The Bertz CT molecular complexity index is 1880. The van der Waals surface area contributed by atoms with E-state index in [-0.39, 0.29) is 16.5 Å². The number of thioether (sulfide) groups is 1. The molecule has 226 valence electrons. The van der Waals surface area contributed by atoms with Crippen LogP contribution in [-0.2, 0) is 21.9 Å². The van der Waals surface area contributed by atoms with Crippen LogP contribution in [0.5, 0.6) is 11.5 Å². The number of ether oxygens (including phenoxy) is 2. The lowest BCUT2D eigenvalue weighted by Gasteiger charge is -2.23. The van der Waals surface area contributed by atoms with Crippen LogP contribution in [0.15, 0.2) is 113 Å². The quantitative estimate of drug-likeness (QED) is 0.0537. The van der Waals surface area contributed by atoms with Gasteiger partial charge in [-0.2, -0.15) is 0 Å². The molecule has 1 fully saturated rings. The summed E-state index contributed by atoms with van der Waals surface area (Å²) in [4.78, 5) is 28.6. The molecule has 0 bridgehead atoms. The van der Waals surface area contributed by atoms with Crippen molar-refractivity contribution in [3.8, 4) is 11.5 Å². The molecule has 45 heavy (non-hydrogen) atoms. The Labute approximate surface area is 272 Å². The van der Waals surface area contributed by atoms with Crippen LogP contribution in [-0.4, -0.2) is 34.1 Å². The molecule has 1 atom stereocenters. The van der Waals surface area contributed by atoms with Crippen molar-refractivity contribution in [1.82, 2.24) is 10.2 Å². The van der Waals surface area contributed by atoms with Gasteiger partial charge in [-0.15, -0.1) is 10.2 Å². The van der Waals surface area contributed by atoms with E-state index in [2.05, 4.69) is 10.2 Å². The van der Waals surface area contributed by atoms with Crippen LogP contribution in [0.1, 0.15) is 28.3 Å². The van der Waals surface area contributed by atoms with Gasteiger partial charge in [0.15, 0.2) is 4.34 Å². The van der Waals surface area contributed by atoms with Crippen molar-refractivity contribution < 1.29 is 24.2 Å². The Kier molecular flexibility index (Phi) is 9.16. The summed E-state index contributed by atoms with van der Waals surface area (Å²) < 4.78 is 11.9. The number of carbonyl (C=O) groups is 2. The van der Waals surface area contributed by atoms with E-state index in [1.807, 2.05) is 54.6 Å². The summed E-state index contributed by atoms with van der Waals surface area (Å²) in [5.41, 5.74) is 2.79. The first-order chi connectivity index (χ1) is 21.9. The topological polar surface area (TPSA) is 102 Å². The Hall–Kier alpha value is -4.64. The first-order valence-electron chi connectivity index (χ1n) is 13.8. The molecule has 1 amide bonds. The minimum atomic E-state index is -0.984. The smallest absolute Gasteiger partial charge is 0.301 e. The summed E-state index contributed by atoms with van der Waals surface area (Å²) in [5.74, 6) is -0.276. The zero-order valence-corrected chi connectivity index (χ0v) is 26.3. The highest BCUT2D eigenvalue weighted by Gasteiger charge is 2.48. The number of amides is 1. The van der Waals surface area contributed by atoms with Crippen molar-refractivity contribution in [3.05, 3.63) is 136 Å². The maximum absolute atomic E-state index is 13.7. The van der Waals surface area contributed by atoms with Crippen LogP contribution >= 0.6 is 34.7 Å². The second-order valence-electron chi connectivity index (χ2n) is 9.97. The lowest BCUT2D eigenvalue weighted by atomic mass is 9.95. The third kappa shape index (κ3) is 6.58. The van der Waals surface area contributed by atoms with Gasteiger partial charge in [0.05, 0.1) is 18.7 Å². The summed E-state index contributed by atoms with van der Waals surface area (Å²) in [7, 11) is 1.54. The van der Waals surface area contributed by atoms with E-state index in [1.165, 1.54) is 35.1 Å². The van der Waals surface area contributed by atoms with Gasteiger partial charge in [0.1, 0.15) is 23.9 Å². The van der Waals surface area contributed by atoms with Gasteiger partial charge in [-0.05, 0) is 59.2 Å². The van der Waals surface area contributed by atoms with Crippen molar-refractivity contribution in [3.63, 3.8) is 0 Å². The van der Waals surface area contributed by atoms with Crippen LogP contribution in [0.2, 0.25) is 5.02 Å². The molecule has 1 saturated heterocycles. The predicted molar refractivity (Wildman–Crippen MR) is 176 cm³/mol. The molecule has 1 unspecified atom stereocenters. The Morgan fingerprint density at radius 2 is 1.69 bits per heavy atom. The van der Waals surface area contributed by atoms with Gasteiger partial charge in [0.2, 0.25) is 5.13 Å². The Balaban J connectivity index is 1.37. The molecule has 0 radical (unpaired) electrons. The van der Waals surface area contributed by atoms with Gasteiger partial charge in [-0.3, -0.25) is 14.5 Å². The summed E-state index contributed by atoms with van der Waals surface area (Å²) in [6, 6.07) is 30.0. The highest BCUT2D eigenvalue weighted by molar-refractivity contribution is 8.00. The first kappa shape index (κ1) is 30.4. The van der Waals surface area contributed by atoms with Crippen LogP contribution < -0.4 is 14.4 Å². The monoisotopic (exact) mass is 655 g/mol. The van der Waals surface area contributed by atoms with E-state index in [9.17, 15) is 14.7 Å². The zero-order chi connectivity index (χ0) is 31.3. The van der Waals surface area contributed by atoms with Crippen molar-refractivity contribution in [2.75, 3.05) is 12.0 Å². The molecule has 5 aromatic rings. The Morgan fingerprint density at radius 3 is 2.44 bits per heavy atom. The number of halogens is 1. The molecular formula is C34H26ClN3O5S2. The lowest BCUT2D eigenvalue weighted by molar-refractivity contribution is -0.132. The van der Waals surface area contributed by atoms with Gasteiger partial charge < -0.3 is 14.6 Å². The van der Waals surface area contributed by atoms with Crippen LogP contribution in [0.4, 0.5) is 5.13 Å². The van der Waals surface area contributed by atoms with Crippen molar-refractivity contribution in [2.24, 2.45) is 0 Å². The van der Waals surface area contributed by atoms with Crippen LogP contribution in [0.3, 0.4) is 0 Å². The molecule has 2 heterocycles. The number of hydrogen-bond acceptors (Lipinski definition) is 9. The van der Waals surface area contributed by atoms with Crippen LogP contribution in [0, 0.1) is 0 Å². The van der Waals surface area contributed by atoms with Gasteiger partial charge >= 0.3 is 5.91 Å². The number of Topliss-reactive ketones (excluding diaryl/α,β-unsaturated/α-hetero) is 1. The zero-order valence-electron chi connectivity index (χ0n) is 23.9. The first-order valence-corrected chi connectivity index (χ1v) is 16.0. The molecule has 1 aliphatic rings. The van der Waals surface area contributed by atoms with Crippen molar-refractivity contribution >= 4 is 57.3 Å². The third-order valence-electron chi connectivity index (χ3n) is 7.14. The van der Waals surface area contributed by atoms with E-state index in [0.29, 0.717) is 44.3 Å². The lowest BCUT2D eigenvalue weighted by Crippen LogP contribution is -2.29. The second-order valence-corrected chi connectivity index (χ2v) is 12.6. The number of ketones is 1. The Morgan fingerprint density at radius 1 is 0.933 bits per heavy atom.